The van der Waals surface area contributed by atoms with Crippen molar-refractivity contribution in [2.75, 3.05) is 31.1 Å². The summed E-state index contributed by atoms with van der Waals surface area (Å²) < 4.78 is 3.61. The molecule has 10 nitrogen and oxygen atoms in total. The first kappa shape index (κ1) is 19.6. The van der Waals surface area contributed by atoms with E-state index in [4.69, 9.17) is 4.99 Å². The highest BCUT2D eigenvalue weighted by molar-refractivity contribution is 5.98. The topological polar surface area (TPSA) is 96.5 Å². The first-order valence-corrected chi connectivity index (χ1v) is 9.92. The summed E-state index contributed by atoms with van der Waals surface area (Å²) >= 11 is 0. The van der Waals surface area contributed by atoms with Crippen molar-refractivity contribution in [2.24, 2.45) is 12.0 Å². The van der Waals surface area contributed by atoms with Crippen molar-refractivity contribution in [1.82, 2.24) is 34.8 Å². The number of aryl methyl sites for hydroxylation is 1. The molecule has 30 heavy (non-hydrogen) atoms. The van der Waals surface area contributed by atoms with E-state index in [9.17, 15) is 4.79 Å². The number of benzene rings is 1. The monoisotopic (exact) mass is 407 g/mol. The molecule has 1 N–H and O–H groups in total. The minimum atomic E-state index is 0.0207. The lowest BCUT2D eigenvalue weighted by Crippen LogP contribution is -2.55. The summed E-state index contributed by atoms with van der Waals surface area (Å²) in [7, 11) is 1.84. The van der Waals surface area contributed by atoms with Gasteiger partial charge in [0.05, 0.1) is 11.9 Å². The highest BCUT2D eigenvalue weighted by Crippen LogP contribution is 2.16. The summed E-state index contributed by atoms with van der Waals surface area (Å²) in [4.78, 5) is 21.2. The summed E-state index contributed by atoms with van der Waals surface area (Å²) in [5.74, 6) is 1.45. The Kier molecular flexibility index (Phi) is 5.73. The predicted molar refractivity (Wildman–Crippen MR) is 113 cm³/mol. The van der Waals surface area contributed by atoms with Gasteiger partial charge in [-0.05, 0) is 19.1 Å². The van der Waals surface area contributed by atoms with Crippen LogP contribution in [0.15, 0.2) is 54.0 Å². The molecule has 1 saturated heterocycles. The summed E-state index contributed by atoms with van der Waals surface area (Å²) in [6.07, 6.45) is 5.25. The van der Waals surface area contributed by atoms with E-state index in [-0.39, 0.29) is 12.5 Å². The van der Waals surface area contributed by atoms with Crippen molar-refractivity contribution < 1.29 is 4.79 Å². The zero-order valence-corrected chi connectivity index (χ0v) is 17.1. The maximum Gasteiger partial charge on any atom is 0.246 e. The van der Waals surface area contributed by atoms with Crippen LogP contribution in [-0.4, -0.2) is 67.5 Å². The number of hydrogen-bond acceptors (Lipinski definition) is 5. The van der Waals surface area contributed by atoms with E-state index in [1.807, 2.05) is 60.0 Å². The predicted octanol–water partition coefficient (Wildman–Crippen LogP) is 0.815. The smallest absolute Gasteiger partial charge is 0.246 e. The number of carbonyl (C=O) groups is 1. The Morgan fingerprint density at radius 2 is 2.03 bits per heavy atom. The van der Waals surface area contributed by atoms with Crippen LogP contribution < -0.4 is 10.2 Å². The maximum absolute atomic E-state index is 12.7. The van der Waals surface area contributed by atoms with Crippen molar-refractivity contribution in [3.05, 3.63) is 54.9 Å². The fourth-order valence-electron chi connectivity index (χ4n) is 3.42. The molecule has 156 valence electrons. The molecular formula is C20H25N9O. The molecule has 0 radical (unpaired) electrons. The normalized spacial score (nSPS) is 15.0. The fraction of sp³-hybridized carbons (Fsp3) is 0.350. The molecule has 10 heteroatoms. The minimum absolute atomic E-state index is 0.0207. The van der Waals surface area contributed by atoms with Gasteiger partial charge in [0, 0.05) is 38.6 Å². The number of hydrogen-bond donors (Lipinski definition) is 1. The number of anilines is 1. The number of aliphatic imine (C=N–C) groups is 1. The second-order valence-corrected chi connectivity index (χ2v) is 6.96. The molecule has 4 rings (SSSR count). The van der Waals surface area contributed by atoms with Crippen LogP contribution in [0.1, 0.15) is 12.7 Å². The van der Waals surface area contributed by atoms with Crippen molar-refractivity contribution in [1.29, 1.82) is 0 Å². The molecule has 0 aliphatic carbocycles. The molecule has 0 unspecified atom stereocenters. The molecule has 3 heterocycles. The Morgan fingerprint density at radius 3 is 2.73 bits per heavy atom. The van der Waals surface area contributed by atoms with E-state index in [0.717, 1.165) is 17.2 Å². The van der Waals surface area contributed by atoms with Crippen LogP contribution in [-0.2, 0) is 18.4 Å². The van der Waals surface area contributed by atoms with Crippen LogP contribution in [0.25, 0.3) is 5.69 Å². The average molecular weight is 407 g/mol. The van der Waals surface area contributed by atoms with Crippen LogP contribution in [0, 0.1) is 0 Å². The van der Waals surface area contributed by atoms with Crippen LogP contribution in [0.2, 0.25) is 0 Å². The zero-order chi connectivity index (χ0) is 20.9. The number of nitrogens with zero attached hydrogens (tertiary/aromatic N) is 8. The van der Waals surface area contributed by atoms with Crippen LogP contribution in [0.5, 0.6) is 0 Å². The molecule has 1 amide bonds. The van der Waals surface area contributed by atoms with E-state index >= 15 is 0 Å². The van der Waals surface area contributed by atoms with E-state index in [1.165, 1.54) is 0 Å². The lowest BCUT2D eigenvalue weighted by molar-refractivity contribution is -0.120. The summed E-state index contributed by atoms with van der Waals surface area (Å²) in [5, 5.41) is 15.7. The van der Waals surface area contributed by atoms with Crippen molar-refractivity contribution in [2.45, 2.75) is 13.5 Å². The van der Waals surface area contributed by atoms with Gasteiger partial charge in [0.1, 0.15) is 19.4 Å². The quantitative estimate of drug-likeness (QED) is 0.497. The van der Waals surface area contributed by atoms with Crippen molar-refractivity contribution in [3.8, 4) is 5.69 Å². The highest BCUT2D eigenvalue weighted by Gasteiger charge is 2.27. The van der Waals surface area contributed by atoms with E-state index in [0.29, 0.717) is 32.1 Å². The Hall–Kier alpha value is -3.69. The number of nitrogens with one attached hydrogen (secondary N) is 1. The highest BCUT2D eigenvalue weighted by atomic mass is 16.2. The molecule has 0 atom stereocenters. The SMILES string of the molecule is CCNC(=NCc1nncn1-c1ccccc1)N1CCN(c2cnn(C)c2)C(=O)C1. The standard InChI is InChI=1S/C20H25N9O/c1-3-21-20(22-12-18-25-23-15-29(18)16-7-5-4-6-8-16)27-9-10-28(19(30)14-27)17-11-24-26(2)13-17/h4-8,11,13,15H,3,9-10,12,14H2,1-2H3,(H,21,22). The maximum atomic E-state index is 12.7. The van der Waals surface area contributed by atoms with Gasteiger partial charge in [-0.1, -0.05) is 18.2 Å². The van der Waals surface area contributed by atoms with Crippen LogP contribution >= 0.6 is 0 Å². The van der Waals surface area contributed by atoms with Gasteiger partial charge >= 0.3 is 0 Å². The van der Waals surface area contributed by atoms with Gasteiger partial charge in [-0.15, -0.1) is 10.2 Å². The molecule has 0 saturated carbocycles. The van der Waals surface area contributed by atoms with Gasteiger partial charge in [0.25, 0.3) is 0 Å². The largest absolute Gasteiger partial charge is 0.356 e. The summed E-state index contributed by atoms with van der Waals surface area (Å²) in [6.45, 7) is 4.59. The molecule has 3 aromatic rings. The molecule has 1 aromatic carbocycles. The van der Waals surface area contributed by atoms with Crippen LogP contribution in [0.3, 0.4) is 0 Å². The van der Waals surface area contributed by atoms with Gasteiger partial charge in [-0.25, -0.2) is 4.99 Å². The third-order valence-electron chi connectivity index (χ3n) is 4.88. The van der Waals surface area contributed by atoms with Crippen molar-refractivity contribution >= 4 is 17.6 Å². The zero-order valence-electron chi connectivity index (χ0n) is 17.1. The lowest BCUT2D eigenvalue weighted by atomic mass is 10.3. The number of carbonyl (C=O) groups excluding carboxylic acids is 1. The number of amides is 1. The Balaban J connectivity index is 1.48. The lowest BCUT2D eigenvalue weighted by Gasteiger charge is -2.35. The van der Waals surface area contributed by atoms with Crippen molar-refractivity contribution in [3.63, 3.8) is 0 Å². The van der Waals surface area contributed by atoms with Crippen LogP contribution in [0.4, 0.5) is 5.69 Å². The molecule has 1 aliphatic rings. The van der Waals surface area contributed by atoms with E-state index < -0.39 is 0 Å². The van der Waals surface area contributed by atoms with Gasteiger partial charge in [-0.2, -0.15) is 5.10 Å². The van der Waals surface area contributed by atoms with Gasteiger partial charge < -0.3 is 15.1 Å². The third kappa shape index (κ3) is 4.17. The molecule has 0 spiro atoms. The van der Waals surface area contributed by atoms with Gasteiger partial charge in [0.2, 0.25) is 5.91 Å². The number of aromatic nitrogens is 5. The second-order valence-electron chi connectivity index (χ2n) is 6.96. The fourth-order valence-corrected chi connectivity index (χ4v) is 3.42. The second kappa shape index (κ2) is 8.76. The van der Waals surface area contributed by atoms with Gasteiger partial charge in [-0.3, -0.25) is 14.0 Å². The van der Waals surface area contributed by atoms with E-state index in [2.05, 4.69) is 20.6 Å². The first-order chi connectivity index (χ1) is 14.7. The Morgan fingerprint density at radius 1 is 1.20 bits per heavy atom. The Labute approximate surface area is 174 Å². The molecule has 1 fully saturated rings. The number of rotatable bonds is 5. The Bertz CT molecular complexity index is 1020. The third-order valence-corrected chi connectivity index (χ3v) is 4.88. The van der Waals surface area contributed by atoms with E-state index in [1.54, 1.807) is 22.1 Å². The minimum Gasteiger partial charge on any atom is -0.356 e. The molecule has 2 aromatic heterocycles. The molecule has 0 bridgehead atoms. The van der Waals surface area contributed by atoms with Gasteiger partial charge in [0.15, 0.2) is 11.8 Å². The summed E-state index contributed by atoms with van der Waals surface area (Å²) in [6, 6.07) is 9.91. The first-order valence-electron chi connectivity index (χ1n) is 9.92. The number of piperazine rings is 1. The molecular weight excluding hydrogens is 382 g/mol. The number of guanidine groups is 1. The number of para-hydroxylation sites is 1. The average Bonchev–Trinajstić information content (AvgIpc) is 3.40. The summed E-state index contributed by atoms with van der Waals surface area (Å²) in [5.41, 5.74) is 1.80. The molecule has 1 aliphatic heterocycles.